The van der Waals surface area contributed by atoms with Crippen molar-refractivity contribution in [2.75, 3.05) is 37.8 Å². The predicted molar refractivity (Wildman–Crippen MR) is 82.5 cm³/mol. The Balaban J connectivity index is 2.23. The van der Waals surface area contributed by atoms with E-state index in [1.54, 1.807) is 0 Å². The highest BCUT2D eigenvalue weighted by atomic mass is 35.5. The number of hydrogen-bond donors (Lipinski definition) is 2. The van der Waals surface area contributed by atoms with E-state index in [0.717, 1.165) is 36.8 Å². The summed E-state index contributed by atoms with van der Waals surface area (Å²) >= 11 is 6.41. The summed E-state index contributed by atoms with van der Waals surface area (Å²) in [6, 6.07) is 5.95. The van der Waals surface area contributed by atoms with Gasteiger partial charge in [0.15, 0.2) is 0 Å². The lowest BCUT2D eigenvalue weighted by molar-refractivity contribution is 0.0726. The fourth-order valence-electron chi connectivity index (χ4n) is 2.52. The van der Waals surface area contributed by atoms with Crippen LogP contribution in [0.2, 0.25) is 5.02 Å². The molecule has 1 saturated heterocycles. The first-order valence-electron chi connectivity index (χ1n) is 7.21. The minimum absolute atomic E-state index is 0.0198. The van der Waals surface area contributed by atoms with Crippen molar-refractivity contribution in [2.45, 2.75) is 25.9 Å². The van der Waals surface area contributed by atoms with Crippen molar-refractivity contribution < 1.29 is 9.84 Å². The van der Waals surface area contributed by atoms with Crippen molar-refractivity contribution >= 4 is 17.3 Å². The summed E-state index contributed by atoms with van der Waals surface area (Å²) in [7, 11) is 0. The fraction of sp³-hybridized carbons (Fsp3) is 0.600. The van der Waals surface area contributed by atoms with Crippen LogP contribution in [-0.2, 0) is 11.3 Å². The summed E-state index contributed by atoms with van der Waals surface area (Å²) in [5, 5.41) is 13.7. The van der Waals surface area contributed by atoms with Gasteiger partial charge in [-0.25, -0.2) is 0 Å². The van der Waals surface area contributed by atoms with E-state index in [1.165, 1.54) is 5.56 Å². The number of ether oxygens (including phenoxy) is 1. The summed E-state index contributed by atoms with van der Waals surface area (Å²) in [6.07, 6.45) is 1.10. The van der Waals surface area contributed by atoms with Crippen molar-refractivity contribution in [3.05, 3.63) is 28.8 Å². The number of hydrogen-bond acceptors (Lipinski definition) is 4. The van der Waals surface area contributed by atoms with Gasteiger partial charge in [-0.2, -0.15) is 0 Å². The third kappa shape index (κ3) is 3.64. The Labute approximate surface area is 125 Å². The highest BCUT2D eigenvalue weighted by molar-refractivity contribution is 6.33. The number of benzene rings is 1. The molecule has 1 atom stereocenters. The summed E-state index contributed by atoms with van der Waals surface area (Å²) in [6.45, 7) is 5.98. The molecule has 1 aliphatic rings. The Hall–Kier alpha value is -0.810. The first kappa shape index (κ1) is 15.6. The predicted octanol–water partition coefficient (Wildman–Crippen LogP) is 2.04. The second-order valence-corrected chi connectivity index (χ2v) is 5.44. The Morgan fingerprint density at radius 3 is 3.10 bits per heavy atom. The maximum Gasteiger partial charge on any atom is 0.0756 e. The van der Waals surface area contributed by atoms with Gasteiger partial charge in [0.1, 0.15) is 0 Å². The van der Waals surface area contributed by atoms with Gasteiger partial charge in [0.2, 0.25) is 0 Å². The molecule has 1 aromatic rings. The van der Waals surface area contributed by atoms with E-state index in [4.69, 9.17) is 16.3 Å². The number of aliphatic hydroxyl groups is 1. The van der Waals surface area contributed by atoms with Crippen LogP contribution in [0.1, 0.15) is 18.9 Å². The molecule has 0 spiro atoms. The van der Waals surface area contributed by atoms with Crippen LogP contribution < -0.4 is 10.2 Å². The summed E-state index contributed by atoms with van der Waals surface area (Å²) in [4.78, 5) is 2.18. The van der Waals surface area contributed by atoms with Crippen LogP contribution in [0.15, 0.2) is 18.2 Å². The van der Waals surface area contributed by atoms with Gasteiger partial charge in [0.05, 0.1) is 36.6 Å². The van der Waals surface area contributed by atoms with E-state index in [-0.39, 0.29) is 12.6 Å². The van der Waals surface area contributed by atoms with E-state index in [2.05, 4.69) is 23.2 Å². The second kappa shape index (κ2) is 7.84. The summed E-state index contributed by atoms with van der Waals surface area (Å²) in [5.41, 5.74) is 2.20. The van der Waals surface area contributed by atoms with Crippen LogP contribution in [0.25, 0.3) is 0 Å². The van der Waals surface area contributed by atoms with Crippen molar-refractivity contribution in [1.29, 1.82) is 0 Å². The molecule has 4 nitrogen and oxygen atoms in total. The third-order valence-electron chi connectivity index (χ3n) is 3.54. The number of nitrogens with one attached hydrogen (secondary N) is 1. The molecule has 0 aliphatic carbocycles. The number of aliphatic hydroxyl groups excluding tert-OH is 1. The van der Waals surface area contributed by atoms with Crippen LogP contribution in [0.3, 0.4) is 0 Å². The molecular formula is C15H23ClN2O2. The molecule has 1 aromatic carbocycles. The molecule has 0 saturated carbocycles. The van der Waals surface area contributed by atoms with Crippen LogP contribution >= 0.6 is 11.6 Å². The maximum atomic E-state index is 9.54. The molecule has 20 heavy (non-hydrogen) atoms. The number of halogens is 1. The number of morpholine rings is 1. The molecule has 112 valence electrons. The van der Waals surface area contributed by atoms with Gasteiger partial charge < -0.3 is 20.1 Å². The largest absolute Gasteiger partial charge is 0.394 e. The maximum absolute atomic E-state index is 9.54. The molecule has 0 aromatic heterocycles. The highest BCUT2D eigenvalue weighted by Crippen LogP contribution is 2.32. The Morgan fingerprint density at radius 1 is 1.50 bits per heavy atom. The SMILES string of the molecule is CCCNCc1cccc(Cl)c1N1CCOCC1CO. The van der Waals surface area contributed by atoms with E-state index in [9.17, 15) is 5.11 Å². The third-order valence-corrected chi connectivity index (χ3v) is 3.84. The standard InChI is InChI=1S/C15H23ClN2O2/c1-2-6-17-9-12-4-3-5-14(16)15(12)18-7-8-20-11-13(18)10-19/h3-5,13,17,19H,2,6-11H2,1H3. The van der Waals surface area contributed by atoms with Crippen LogP contribution in [-0.4, -0.2) is 44.1 Å². The second-order valence-electron chi connectivity index (χ2n) is 5.03. The van der Waals surface area contributed by atoms with E-state index in [0.29, 0.717) is 13.2 Å². The fourth-order valence-corrected chi connectivity index (χ4v) is 2.83. The molecule has 1 fully saturated rings. The highest BCUT2D eigenvalue weighted by Gasteiger charge is 2.25. The Kier molecular flexibility index (Phi) is 6.10. The van der Waals surface area contributed by atoms with E-state index in [1.807, 2.05) is 12.1 Å². The van der Waals surface area contributed by atoms with Gasteiger partial charge in [-0.1, -0.05) is 30.7 Å². The van der Waals surface area contributed by atoms with Gasteiger partial charge in [0, 0.05) is 13.1 Å². The quantitative estimate of drug-likeness (QED) is 0.789. The zero-order chi connectivity index (χ0) is 14.4. The molecule has 5 heteroatoms. The average molecular weight is 299 g/mol. The minimum Gasteiger partial charge on any atom is -0.394 e. The van der Waals surface area contributed by atoms with Crippen LogP contribution in [0.5, 0.6) is 0 Å². The lowest BCUT2D eigenvalue weighted by Crippen LogP contribution is -2.48. The van der Waals surface area contributed by atoms with Crippen LogP contribution in [0.4, 0.5) is 5.69 Å². The Morgan fingerprint density at radius 2 is 2.35 bits per heavy atom. The summed E-state index contributed by atoms with van der Waals surface area (Å²) < 4.78 is 5.44. The molecular weight excluding hydrogens is 276 g/mol. The van der Waals surface area contributed by atoms with E-state index < -0.39 is 0 Å². The Bertz CT molecular complexity index is 428. The molecule has 0 bridgehead atoms. The average Bonchev–Trinajstić information content (AvgIpc) is 2.48. The smallest absolute Gasteiger partial charge is 0.0756 e. The van der Waals surface area contributed by atoms with Crippen molar-refractivity contribution in [3.63, 3.8) is 0 Å². The molecule has 2 N–H and O–H groups in total. The number of rotatable bonds is 6. The van der Waals surface area contributed by atoms with Gasteiger partial charge in [-0.3, -0.25) is 0 Å². The monoisotopic (exact) mass is 298 g/mol. The molecule has 0 amide bonds. The zero-order valence-corrected chi connectivity index (χ0v) is 12.7. The van der Waals surface area contributed by atoms with E-state index >= 15 is 0 Å². The molecule has 1 heterocycles. The van der Waals surface area contributed by atoms with Crippen LogP contribution in [0, 0.1) is 0 Å². The zero-order valence-electron chi connectivity index (χ0n) is 11.9. The van der Waals surface area contributed by atoms with Gasteiger partial charge >= 0.3 is 0 Å². The van der Waals surface area contributed by atoms with Gasteiger partial charge in [0.25, 0.3) is 0 Å². The topological polar surface area (TPSA) is 44.7 Å². The number of para-hydroxylation sites is 1. The molecule has 1 aliphatic heterocycles. The lowest BCUT2D eigenvalue weighted by atomic mass is 10.1. The minimum atomic E-state index is -0.0198. The first-order valence-corrected chi connectivity index (χ1v) is 7.59. The van der Waals surface area contributed by atoms with Crippen molar-refractivity contribution in [3.8, 4) is 0 Å². The first-order chi connectivity index (χ1) is 9.77. The summed E-state index contributed by atoms with van der Waals surface area (Å²) in [5.74, 6) is 0. The molecule has 0 radical (unpaired) electrons. The molecule has 1 unspecified atom stereocenters. The lowest BCUT2D eigenvalue weighted by Gasteiger charge is -2.38. The number of nitrogens with zero attached hydrogens (tertiary/aromatic N) is 1. The normalized spacial score (nSPS) is 19.4. The van der Waals surface area contributed by atoms with Gasteiger partial charge in [-0.05, 0) is 24.6 Å². The van der Waals surface area contributed by atoms with Crippen molar-refractivity contribution in [2.24, 2.45) is 0 Å². The van der Waals surface area contributed by atoms with Crippen molar-refractivity contribution in [1.82, 2.24) is 5.32 Å². The molecule has 2 rings (SSSR count). The number of anilines is 1. The van der Waals surface area contributed by atoms with Gasteiger partial charge in [-0.15, -0.1) is 0 Å².